The second kappa shape index (κ2) is 4.27. The van der Waals surface area contributed by atoms with Gasteiger partial charge in [0.2, 0.25) is 0 Å². The summed E-state index contributed by atoms with van der Waals surface area (Å²) < 4.78 is 0. The monoisotopic (exact) mass is 210 g/mol. The molecule has 0 aliphatic heterocycles. The van der Waals surface area contributed by atoms with Gasteiger partial charge in [-0.15, -0.1) is 0 Å². The van der Waals surface area contributed by atoms with Crippen molar-refractivity contribution in [2.45, 2.75) is 19.4 Å². The minimum atomic E-state index is -0.677. The molecule has 0 aliphatic carbocycles. The first-order valence-electron chi connectivity index (χ1n) is 4.55. The van der Waals surface area contributed by atoms with E-state index >= 15 is 0 Å². The number of carbonyl (C=O) groups is 2. The minimum absolute atomic E-state index is 0.153. The van der Waals surface area contributed by atoms with Gasteiger partial charge < -0.3 is 15.4 Å². The number of carbonyl (C=O) groups excluding carboxylic acids is 2. The smallest absolute Gasteiger partial charge is 0.268 e. The molecule has 5 nitrogen and oxygen atoms in total. The number of rotatable bonds is 4. The fraction of sp³-hybridized carbons (Fsp3) is 0.400. The number of amides is 1. The molecule has 0 aliphatic rings. The average Bonchev–Trinajstić information content (AvgIpc) is 2.65. The molecule has 0 saturated carbocycles. The first-order valence-corrected chi connectivity index (χ1v) is 4.55. The summed E-state index contributed by atoms with van der Waals surface area (Å²) in [6.07, 6.45) is 2.11. The maximum absolute atomic E-state index is 11.6. The van der Waals surface area contributed by atoms with Gasteiger partial charge in [0, 0.05) is 11.8 Å². The molecule has 5 heteroatoms. The van der Waals surface area contributed by atoms with Crippen LogP contribution in [-0.4, -0.2) is 34.4 Å². The molecule has 0 fully saturated rings. The van der Waals surface area contributed by atoms with Crippen molar-refractivity contribution < 1.29 is 14.7 Å². The van der Waals surface area contributed by atoms with E-state index in [0.29, 0.717) is 17.5 Å². The fourth-order valence-corrected chi connectivity index (χ4v) is 1.02. The Bertz CT molecular complexity index is 368. The van der Waals surface area contributed by atoms with E-state index in [4.69, 9.17) is 5.11 Å². The van der Waals surface area contributed by atoms with Crippen LogP contribution in [0.25, 0.3) is 0 Å². The van der Waals surface area contributed by atoms with E-state index in [1.165, 1.54) is 12.3 Å². The zero-order chi connectivity index (χ0) is 11.5. The van der Waals surface area contributed by atoms with E-state index in [9.17, 15) is 9.59 Å². The predicted molar refractivity (Wildman–Crippen MR) is 54.8 cm³/mol. The zero-order valence-corrected chi connectivity index (χ0v) is 8.70. The largest absolute Gasteiger partial charge is 0.394 e. The highest BCUT2D eigenvalue weighted by Crippen LogP contribution is 2.05. The topological polar surface area (TPSA) is 82.2 Å². The van der Waals surface area contributed by atoms with Crippen LogP contribution in [0.2, 0.25) is 0 Å². The molecular formula is C10H14N2O3. The molecule has 1 aromatic heterocycles. The molecule has 1 amide bonds. The quantitative estimate of drug-likeness (QED) is 0.626. The van der Waals surface area contributed by atoms with Crippen LogP contribution in [0, 0.1) is 0 Å². The lowest BCUT2D eigenvalue weighted by Crippen LogP contribution is -2.46. The summed E-state index contributed by atoms with van der Waals surface area (Å²) in [6.45, 7) is 3.25. The van der Waals surface area contributed by atoms with E-state index < -0.39 is 5.54 Å². The van der Waals surface area contributed by atoms with Crippen LogP contribution in [0.4, 0.5) is 0 Å². The highest BCUT2D eigenvalue weighted by molar-refractivity contribution is 5.94. The molecular weight excluding hydrogens is 196 g/mol. The van der Waals surface area contributed by atoms with Gasteiger partial charge in [0.1, 0.15) is 5.69 Å². The summed E-state index contributed by atoms with van der Waals surface area (Å²) in [5, 5.41) is 11.6. The van der Waals surface area contributed by atoms with Crippen LogP contribution in [0.3, 0.4) is 0 Å². The lowest BCUT2D eigenvalue weighted by molar-refractivity contribution is 0.0865. The van der Waals surface area contributed by atoms with Crippen molar-refractivity contribution in [2.24, 2.45) is 0 Å². The number of nitrogens with one attached hydrogen (secondary N) is 2. The molecule has 0 saturated heterocycles. The van der Waals surface area contributed by atoms with E-state index in [1.54, 1.807) is 13.8 Å². The Hall–Kier alpha value is -1.62. The molecule has 1 heterocycles. The van der Waals surface area contributed by atoms with E-state index in [0.717, 1.165) is 0 Å². The van der Waals surface area contributed by atoms with Gasteiger partial charge in [-0.05, 0) is 19.9 Å². The summed E-state index contributed by atoms with van der Waals surface area (Å²) in [7, 11) is 0. The maximum atomic E-state index is 11.6. The molecule has 15 heavy (non-hydrogen) atoms. The van der Waals surface area contributed by atoms with Gasteiger partial charge in [0.15, 0.2) is 6.29 Å². The van der Waals surface area contributed by atoms with Gasteiger partial charge in [-0.2, -0.15) is 0 Å². The van der Waals surface area contributed by atoms with Crippen LogP contribution in [0.5, 0.6) is 0 Å². The van der Waals surface area contributed by atoms with Crippen LogP contribution >= 0.6 is 0 Å². The highest BCUT2D eigenvalue weighted by atomic mass is 16.3. The van der Waals surface area contributed by atoms with Crippen LogP contribution < -0.4 is 5.32 Å². The van der Waals surface area contributed by atoms with Gasteiger partial charge >= 0.3 is 0 Å². The second-order valence-corrected chi connectivity index (χ2v) is 3.96. The van der Waals surface area contributed by atoms with E-state index in [-0.39, 0.29) is 12.5 Å². The molecule has 1 aromatic rings. The normalized spacial score (nSPS) is 11.1. The van der Waals surface area contributed by atoms with Gasteiger partial charge in [-0.25, -0.2) is 0 Å². The summed E-state index contributed by atoms with van der Waals surface area (Å²) in [4.78, 5) is 24.6. The average molecular weight is 210 g/mol. The molecule has 0 aromatic carbocycles. The third-order valence-corrected chi connectivity index (χ3v) is 1.93. The SMILES string of the molecule is CC(C)(CO)NC(=O)c1cc(C=O)c[nH]1. The molecule has 0 atom stereocenters. The minimum Gasteiger partial charge on any atom is -0.394 e. The number of aliphatic hydroxyl groups excluding tert-OH is 1. The molecule has 0 radical (unpaired) electrons. The van der Waals surface area contributed by atoms with Gasteiger partial charge in [-0.1, -0.05) is 0 Å². The van der Waals surface area contributed by atoms with Crippen LogP contribution in [0.1, 0.15) is 34.7 Å². The van der Waals surface area contributed by atoms with Crippen LogP contribution in [0.15, 0.2) is 12.3 Å². The molecule has 0 unspecified atom stereocenters. The Morgan fingerprint density at radius 2 is 2.33 bits per heavy atom. The fourth-order valence-electron chi connectivity index (χ4n) is 1.02. The van der Waals surface area contributed by atoms with Crippen molar-refractivity contribution in [1.82, 2.24) is 10.3 Å². The van der Waals surface area contributed by atoms with Gasteiger partial charge in [0.25, 0.3) is 5.91 Å². The number of hydrogen-bond acceptors (Lipinski definition) is 3. The summed E-state index contributed by atoms with van der Waals surface area (Å²) in [5.41, 5.74) is 0.0457. The molecule has 3 N–H and O–H groups in total. The predicted octanol–water partition coefficient (Wildman–Crippen LogP) is 0.328. The number of aliphatic hydroxyl groups is 1. The molecule has 82 valence electrons. The lowest BCUT2D eigenvalue weighted by Gasteiger charge is -2.22. The Labute approximate surface area is 87.5 Å². The van der Waals surface area contributed by atoms with Crippen molar-refractivity contribution in [3.8, 4) is 0 Å². The number of H-pyrrole nitrogens is 1. The highest BCUT2D eigenvalue weighted by Gasteiger charge is 2.20. The number of hydrogen-bond donors (Lipinski definition) is 3. The van der Waals surface area contributed by atoms with Crippen LogP contribution in [-0.2, 0) is 0 Å². The molecule has 1 rings (SSSR count). The number of aromatic amines is 1. The van der Waals surface area contributed by atoms with Crippen molar-refractivity contribution >= 4 is 12.2 Å². The zero-order valence-electron chi connectivity index (χ0n) is 8.70. The summed E-state index contributed by atoms with van der Waals surface area (Å²) >= 11 is 0. The third kappa shape index (κ3) is 2.92. The number of aromatic nitrogens is 1. The van der Waals surface area contributed by atoms with Crippen molar-refractivity contribution in [3.05, 3.63) is 23.5 Å². The van der Waals surface area contributed by atoms with Gasteiger partial charge in [0.05, 0.1) is 12.1 Å². The van der Waals surface area contributed by atoms with Gasteiger partial charge in [-0.3, -0.25) is 9.59 Å². The molecule has 0 spiro atoms. The lowest BCUT2D eigenvalue weighted by atomic mass is 10.1. The Balaban J connectivity index is 2.73. The summed E-state index contributed by atoms with van der Waals surface area (Å²) in [5.74, 6) is -0.345. The van der Waals surface area contributed by atoms with E-state index in [2.05, 4.69) is 10.3 Å². The Morgan fingerprint density at radius 1 is 1.67 bits per heavy atom. The van der Waals surface area contributed by atoms with Crippen molar-refractivity contribution in [1.29, 1.82) is 0 Å². The Kier molecular flexibility index (Phi) is 3.26. The maximum Gasteiger partial charge on any atom is 0.268 e. The third-order valence-electron chi connectivity index (χ3n) is 1.93. The first-order chi connectivity index (χ1) is 6.98. The van der Waals surface area contributed by atoms with E-state index in [1.807, 2.05) is 0 Å². The van der Waals surface area contributed by atoms with Crippen molar-refractivity contribution in [2.75, 3.05) is 6.61 Å². The first kappa shape index (κ1) is 11.5. The molecule has 0 bridgehead atoms. The Morgan fingerprint density at radius 3 is 2.80 bits per heavy atom. The summed E-state index contributed by atoms with van der Waals surface area (Å²) in [6, 6.07) is 1.45. The standard InChI is InChI=1S/C10H14N2O3/c1-10(2,6-14)12-9(15)8-3-7(5-13)4-11-8/h3-5,11,14H,6H2,1-2H3,(H,12,15). The number of aldehydes is 1. The second-order valence-electron chi connectivity index (χ2n) is 3.96. The van der Waals surface area contributed by atoms with Crippen molar-refractivity contribution in [3.63, 3.8) is 0 Å².